The number of fused-ring (bicyclic) bond motifs is 1. The fourth-order valence-electron chi connectivity index (χ4n) is 4.60. The van der Waals surface area contributed by atoms with Gasteiger partial charge >= 0.3 is 0 Å². The Morgan fingerprint density at radius 3 is 2.15 bits per heavy atom. The predicted octanol–water partition coefficient (Wildman–Crippen LogP) is 5.52. The summed E-state index contributed by atoms with van der Waals surface area (Å²) in [7, 11) is 0. The number of nitrogens with zero attached hydrogens (tertiary/aromatic N) is 1. The summed E-state index contributed by atoms with van der Waals surface area (Å²) in [5.41, 5.74) is 5.94. The number of ether oxygens (including phenoxy) is 1. The molecule has 3 N–H and O–H groups in total. The molecule has 3 aliphatic heterocycles. The number of benzene rings is 1. The Hall–Kier alpha value is -0.660. The van der Waals surface area contributed by atoms with Crippen LogP contribution < -0.4 is 11.1 Å². The number of hydrogen-bond donors (Lipinski definition) is 3. The molecular weight excluding hydrogens is 433 g/mol. The fraction of sp³-hybridized carbons (Fsp3) is 0.778. The Morgan fingerprint density at radius 1 is 1.06 bits per heavy atom. The van der Waals surface area contributed by atoms with Gasteiger partial charge in [-0.3, -0.25) is 4.90 Å². The van der Waals surface area contributed by atoms with Crippen molar-refractivity contribution < 1.29 is 9.13 Å². The highest BCUT2D eigenvalue weighted by molar-refractivity contribution is 7.80. The molecule has 1 aromatic rings. The number of hydrogen-bond acceptors (Lipinski definition) is 5. The van der Waals surface area contributed by atoms with Crippen molar-refractivity contribution in [2.24, 2.45) is 11.7 Å². The van der Waals surface area contributed by atoms with E-state index in [4.69, 9.17) is 10.5 Å². The minimum absolute atomic E-state index is 0.178. The van der Waals surface area contributed by atoms with Gasteiger partial charge in [-0.1, -0.05) is 65.2 Å². The molecule has 3 saturated heterocycles. The third-order valence-electron chi connectivity index (χ3n) is 6.18. The van der Waals surface area contributed by atoms with Gasteiger partial charge in [-0.05, 0) is 50.3 Å². The van der Waals surface area contributed by atoms with E-state index in [0.717, 1.165) is 36.8 Å². The maximum Gasteiger partial charge on any atom is 0.123 e. The fourth-order valence-corrected chi connectivity index (χ4v) is 4.96. The van der Waals surface area contributed by atoms with Crippen molar-refractivity contribution in [3.8, 4) is 0 Å². The van der Waals surface area contributed by atoms with Gasteiger partial charge in [-0.25, -0.2) is 4.39 Å². The maximum atomic E-state index is 11.9. The van der Waals surface area contributed by atoms with Crippen LogP contribution in [0.2, 0.25) is 0 Å². The van der Waals surface area contributed by atoms with Crippen LogP contribution in [0.1, 0.15) is 72.6 Å². The maximum absolute atomic E-state index is 11.9. The first-order valence-electron chi connectivity index (χ1n) is 13.2. The first-order chi connectivity index (χ1) is 16.0. The molecule has 1 aromatic carbocycles. The predicted molar refractivity (Wildman–Crippen MR) is 144 cm³/mol. The van der Waals surface area contributed by atoms with Gasteiger partial charge in [0.15, 0.2) is 0 Å². The van der Waals surface area contributed by atoms with Crippen LogP contribution in [-0.2, 0) is 4.74 Å². The molecule has 0 spiro atoms. The van der Waals surface area contributed by atoms with Crippen LogP contribution in [-0.4, -0.2) is 61.1 Å². The van der Waals surface area contributed by atoms with Gasteiger partial charge in [0.2, 0.25) is 0 Å². The van der Waals surface area contributed by atoms with Crippen LogP contribution in [0.5, 0.6) is 0 Å². The van der Waals surface area contributed by atoms with Gasteiger partial charge in [0.1, 0.15) is 5.82 Å². The third kappa shape index (κ3) is 12.6. The Labute approximate surface area is 208 Å². The molecule has 4 aliphatic rings. The lowest BCUT2D eigenvalue weighted by Gasteiger charge is -2.34. The molecule has 0 radical (unpaired) electrons. The van der Waals surface area contributed by atoms with Gasteiger partial charge in [0.05, 0.1) is 13.2 Å². The van der Waals surface area contributed by atoms with E-state index in [1.807, 2.05) is 13.8 Å². The van der Waals surface area contributed by atoms with Gasteiger partial charge in [0.25, 0.3) is 0 Å². The van der Waals surface area contributed by atoms with Crippen molar-refractivity contribution >= 4 is 12.6 Å². The second-order valence-corrected chi connectivity index (χ2v) is 9.92. The average molecular weight is 484 g/mol. The molecule has 33 heavy (non-hydrogen) atoms. The van der Waals surface area contributed by atoms with Crippen molar-refractivity contribution in [3.05, 3.63) is 36.1 Å². The Balaban J connectivity index is 0.000000253. The number of nitrogens with two attached hydrogens (primary N) is 1. The van der Waals surface area contributed by atoms with Crippen LogP contribution in [0, 0.1) is 11.7 Å². The standard InChI is InChI=1S/C11H21N3O.C6H5F.C5H10S.C3H8.C2H6/c12-9-3-10(7-15-6-9)14-4-8-1-2-13-11(8)5-14;7-6-4-2-1-3-5-6;6-5-3-1-2-4-5;1-3-2;1-2/h8-11,13H,1-7,12H2;1-5H;5-6H,1-4H2;3H2,1-2H3;1-2H3. The topological polar surface area (TPSA) is 50.5 Å². The van der Waals surface area contributed by atoms with E-state index < -0.39 is 0 Å². The highest BCUT2D eigenvalue weighted by Gasteiger charge is 2.39. The Bertz CT molecular complexity index is 562. The molecule has 1 saturated carbocycles. The minimum atomic E-state index is -0.178. The van der Waals surface area contributed by atoms with Crippen molar-refractivity contribution in [2.75, 3.05) is 32.8 Å². The first kappa shape index (κ1) is 30.4. The van der Waals surface area contributed by atoms with E-state index in [0.29, 0.717) is 6.04 Å². The van der Waals surface area contributed by atoms with Crippen LogP contribution in [0.4, 0.5) is 4.39 Å². The second kappa shape index (κ2) is 18.6. The lowest BCUT2D eigenvalue weighted by molar-refractivity contribution is 0.0133. The summed E-state index contributed by atoms with van der Waals surface area (Å²) < 4.78 is 17.4. The van der Waals surface area contributed by atoms with Crippen LogP contribution in [0.15, 0.2) is 30.3 Å². The summed E-state index contributed by atoms with van der Waals surface area (Å²) in [6.45, 7) is 13.5. The number of rotatable bonds is 1. The number of nitrogens with one attached hydrogen (secondary N) is 1. The zero-order valence-electron chi connectivity index (χ0n) is 21.5. The molecule has 5 rings (SSSR count). The number of likely N-dealkylation sites (tertiary alicyclic amines) is 1. The largest absolute Gasteiger partial charge is 0.378 e. The third-order valence-corrected chi connectivity index (χ3v) is 6.70. The molecule has 4 atom stereocenters. The Kier molecular flexibility index (Phi) is 17.2. The van der Waals surface area contributed by atoms with Crippen LogP contribution in [0.25, 0.3) is 0 Å². The molecule has 4 fully saturated rings. The van der Waals surface area contributed by atoms with E-state index in [-0.39, 0.29) is 11.9 Å². The monoisotopic (exact) mass is 483 g/mol. The average Bonchev–Trinajstić information content (AvgIpc) is 3.55. The van der Waals surface area contributed by atoms with Gasteiger partial charge in [0, 0.05) is 36.5 Å². The van der Waals surface area contributed by atoms with E-state index in [1.54, 1.807) is 18.2 Å². The van der Waals surface area contributed by atoms with Crippen LogP contribution in [0.3, 0.4) is 0 Å². The molecule has 6 heteroatoms. The highest BCUT2D eigenvalue weighted by atomic mass is 32.1. The minimum Gasteiger partial charge on any atom is -0.378 e. The van der Waals surface area contributed by atoms with Crippen LogP contribution >= 0.6 is 12.6 Å². The molecule has 0 amide bonds. The number of halogens is 1. The first-order valence-corrected chi connectivity index (χ1v) is 13.7. The van der Waals surface area contributed by atoms with Crippen molar-refractivity contribution in [3.63, 3.8) is 0 Å². The molecule has 0 aromatic heterocycles. The highest BCUT2D eigenvalue weighted by Crippen LogP contribution is 2.28. The van der Waals surface area contributed by atoms with Gasteiger partial charge in [-0.2, -0.15) is 12.6 Å². The SMILES string of the molecule is CC.CCC.Fc1ccccc1.NC1COCC(N2CC3CCNC3C2)C1.SC1CCCC1. The van der Waals surface area contributed by atoms with Gasteiger partial charge in [-0.15, -0.1) is 0 Å². The molecule has 4 unspecified atom stereocenters. The molecular formula is C27H50FN3OS. The lowest BCUT2D eigenvalue weighted by atomic mass is 10.0. The summed E-state index contributed by atoms with van der Waals surface area (Å²) in [4.78, 5) is 2.58. The van der Waals surface area contributed by atoms with E-state index in [1.165, 1.54) is 70.3 Å². The summed E-state index contributed by atoms with van der Waals surface area (Å²) in [5.74, 6) is 0.700. The van der Waals surface area contributed by atoms with E-state index >= 15 is 0 Å². The smallest absolute Gasteiger partial charge is 0.123 e. The van der Waals surface area contributed by atoms with E-state index in [9.17, 15) is 4.39 Å². The molecule has 192 valence electrons. The summed E-state index contributed by atoms with van der Waals surface area (Å²) in [5, 5.41) is 4.33. The molecule has 3 heterocycles. The summed E-state index contributed by atoms with van der Waals surface area (Å²) in [6, 6.07) is 9.50. The second-order valence-electron chi connectivity index (χ2n) is 9.19. The van der Waals surface area contributed by atoms with E-state index in [2.05, 4.69) is 36.7 Å². The zero-order valence-corrected chi connectivity index (χ0v) is 22.4. The van der Waals surface area contributed by atoms with Gasteiger partial charge < -0.3 is 15.8 Å². The zero-order chi connectivity index (χ0) is 24.5. The summed E-state index contributed by atoms with van der Waals surface area (Å²) >= 11 is 4.29. The van der Waals surface area contributed by atoms with Crippen molar-refractivity contribution in [1.29, 1.82) is 0 Å². The normalized spacial score (nSPS) is 28.6. The quantitative estimate of drug-likeness (QED) is 0.460. The molecule has 0 bridgehead atoms. The Morgan fingerprint density at radius 2 is 1.70 bits per heavy atom. The number of thiol groups is 1. The molecule has 4 nitrogen and oxygen atoms in total. The lowest BCUT2D eigenvalue weighted by Crippen LogP contribution is -2.48. The molecule has 1 aliphatic carbocycles. The van der Waals surface area contributed by atoms with Crippen molar-refractivity contribution in [1.82, 2.24) is 10.2 Å². The summed E-state index contributed by atoms with van der Waals surface area (Å²) in [6.07, 6.45) is 9.23. The van der Waals surface area contributed by atoms with Crippen molar-refractivity contribution in [2.45, 2.75) is 96.0 Å².